The van der Waals surface area contributed by atoms with Crippen molar-refractivity contribution in [2.24, 2.45) is 0 Å². The van der Waals surface area contributed by atoms with E-state index in [0.29, 0.717) is 17.6 Å². The Morgan fingerprint density at radius 2 is 1.70 bits per heavy atom. The molecule has 8 heteroatoms. The van der Waals surface area contributed by atoms with Gasteiger partial charge in [0, 0.05) is 30.2 Å². The predicted molar refractivity (Wildman–Crippen MR) is 131 cm³/mol. The number of hydrogen-bond acceptors (Lipinski definition) is 8. The number of anilines is 1. The summed E-state index contributed by atoms with van der Waals surface area (Å²) in [6, 6.07) is 6.72. The first-order valence-electron chi connectivity index (χ1n) is 11.1. The molecule has 0 spiro atoms. The lowest BCUT2D eigenvalue weighted by molar-refractivity contribution is 0.242. The van der Waals surface area contributed by atoms with Gasteiger partial charge in [-0.3, -0.25) is 4.98 Å². The van der Waals surface area contributed by atoms with Crippen molar-refractivity contribution in [2.75, 3.05) is 5.32 Å². The fourth-order valence-corrected chi connectivity index (χ4v) is 4.61. The van der Waals surface area contributed by atoms with E-state index >= 15 is 0 Å². The Morgan fingerprint density at radius 1 is 0.939 bits per heavy atom. The lowest BCUT2D eigenvalue weighted by Gasteiger charge is -2.16. The minimum Gasteiger partial charge on any atom is -0.491 e. The van der Waals surface area contributed by atoms with Crippen molar-refractivity contribution in [2.45, 2.75) is 52.7 Å². The Bertz CT molecular complexity index is 1260. The third kappa shape index (κ3) is 4.85. The molecule has 1 aliphatic rings. The number of aryl methyl sites for hydroxylation is 2. The van der Waals surface area contributed by atoms with Crippen molar-refractivity contribution in [1.29, 1.82) is 0 Å². The molecule has 5 rings (SSSR count). The van der Waals surface area contributed by atoms with E-state index in [4.69, 9.17) is 14.7 Å². The Hall–Kier alpha value is -3.39. The Labute approximate surface area is 197 Å². The smallest absolute Gasteiger partial charge is 0.183 e. The summed E-state index contributed by atoms with van der Waals surface area (Å²) in [5.74, 6) is 1.41. The molecule has 0 atom stereocenters. The van der Waals surface area contributed by atoms with Gasteiger partial charge in [-0.25, -0.2) is 19.9 Å². The van der Waals surface area contributed by atoms with Crippen LogP contribution in [0.4, 0.5) is 5.13 Å². The maximum Gasteiger partial charge on any atom is 0.183 e. The zero-order chi connectivity index (χ0) is 22.9. The largest absolute Gasteiger partial charge is 0.491 e. The van der Waals surface area contributed by atoms with Crippen molar-refractivity contribution in [3.63, 3.8) is 0 Å². The van der Waals surface area contributed by atoms with E-state index in [9.17, 15) is 0 Å². The number of thiazole rings is 1. The number of benzene rings is 1. The van der Waals surface area contributed by atoms with Crippen LogP contribution in [0.2, 0.25) is 0 Å². The second-order valence-electron chi connectivity index (χ2n) is 8.60. The number of aromatic nitrogens is 5. The minimum absolute atomic E-state index is 0.119. The van der Waals surface area contributed by atoms with Crippen LogP contribution in [0.25, 0.3) is 33.3 Å². The molecule has 0 saturated heterocycles. The highest BCUT2D eigenvalue weighted by atomic mass is 32.1. The lowest BCUT2D eigenvalue weighted by Crippen LogP contribution is -2.06. The molecule has 1 saturated carbocycles. The highest BCUT2D eigenvalue weighted by Crippen LogP contribution is 2.36. The van der Waals surface area contributed by atoms with Crippen LogP contribution in [0.5, 0.6) is 5.75 Å². The first-order chi connectivity index (χ1) is 16.0. The molecule has 7 nitrogen and oxygen atoms in total. The van der Waals surface area contributed by atoms with E-state index in [1.807, 2.05) is 26.1 Å². The van der Waals surface area contributed by atoms with Gasteiger partial charge >= 0.3 is 0 Å². The molecule has 33 heavy (non-hydrogen) atoms. The molecular formula is C25H26N6OS. The molecule has 1 N–H and O–H groups in total. The molecule has 1 aromatic carbocycles. The molecule has 3 aromatic heterocycles. The number of rotatable bonds is 7. The van der Waals surface area contributed by atoms with E-state index < -0.39 is 0 Å². The van der Waals surface area contributed by atoms with Gasteiger partial charge in [0.25, 0.3) is 0 Å². The van der Waals surface area contributed by atoms with Crippen LogP contribution in [0.1, 0.15) is 37.8 Å². The van der Waals surface area contributed by atoms with Gasteiger partial charge in [0.15, 0.2) is 11.0 Å². The Kier molecular flexibility index (Phi) is 5.76. The van der Waals surface area contributed by atoms with Crippen LogP contribution in [0.15, 0.2) is 43.0 Å². The number of nitrogens with one attached hydrogen (secondary N) is 1. The fraction of sp³-hybridized carbons (Fsp3) is 0.320. The van der Waals surface area contributed by atoms with Crippen LogP contribution in [0, 0.1) is 13.8 Å². The van der Waals surface area contributed by atoms with Crippen LogP contribution < -0.4 is 10.1 Å². The van der Waals surface area contributed by atoms with E-state index in [-0.39, 0.29) is 6.10 Å². The lowest BCUT2D eigenvalue weighted by atomic mass is 9.98. The maximum absolute atomic E-state index is 5.93. The predicted octanol–water partition coefficient (Wildman–Crippen LogP) is 5.70. The second kappa shape index (κ2) is 8.86. The summed E-state index contributed by atoms with van der Waals surface area (Å²) in [4.78, 5) is 23.9. The standard InChI is InChI=1S/C25H26N6OS/c1-14(2)32-18-9-15(3)23(16(4)10-18)20-11-19(22-13-28-25(33-22)29-17-5-6-17)30-24(31-20)21-12-26-7-8-27-21/h7-14,17H,5-6H2,1-4H3,(H,28,29). The SMILES string of the molecule is Cc1cc(OC(C)C)cc(C)c1-c1cc(-c2cnc(NC3CC3)s2)nc(-c2cnccn2)n1. The zero-order valence-electron chi connectivity index (χ0n) is 19.2. The van der Waals surface area contributed by atoms with Crippen molar-refractivity contribution in [3.05, 3.63) is 54.1 Å². The molecule has 0 bridgehead atoms. The van der Waals surface area contributed by atoms with Gasteiger partial charge in [-0.2, -0.15) is 0 Å². The molecule has 168 valence electrons. The highest BCUT2D eigenvalue weighted by molar-refractivity contribution is 7.18. The van der Waals surface area contributed by atoms with Gasteiger partial charge in [0.1, 0.15) is 11.4 Å². The van der Waals surface area contributed by atoms with Gasteiger partial charge in [0.2, 0.25) is 0 Å². The summed E-state index contributed by atoms with van der Waals surface area (Å²) >= 11 is 1.61. The Morgan fingerprint density at radius 3 is 2.36 bits per heavy atom. The van der Waals surface area contributed by atoms with Gasteiger partial charge in [0.05, 0.1) is 28.6 Å². The quantitative estimate of drug-likeness (QED) is 0.380. The maximum atomic E-state index is 5.93. The third-order valence-electron chi connectivity index (χ3n) is 5.32. The Balaban J connectivity index is 1.61. The first kappa shape index (κ1) is 21.5. The van der Waals surface area contributed by atoms with Crippen molar-refractivity contribution in [3.8, 4) is 39.1 Å². The van der Waals surface area contributed by atoms with E-state index in [1.165, 1.54) is 12.8 Å². The van der Waals surface area contributed by atoms with Crippen LogP contribution in [-0.2, 0) is 0 Å². The molecule has 0 unspecified atom stereocenters. The van der Waals surface area contributed by atoms with E-state index in [1.54, 1.807) is 29.9 Å². The van der Waals surface area contributed by atoms with Gasteiger partial charge in [-0.1, -0.05) is 11.3 Å². The highest BCUT2D eigenvalue weighted by Gasteiger charge is 2.23. The topological polar surface area (TPSA) is 85.7 Å². The minimum atomic E-state index is 0.119. The third-order valence-corrected chi connectivity index (χ3v) is 6.27. The molecule has 0 amide bonds. The summed E-state index contributed by atoms with van der Waals surface area (Å²) in [6.45, 7) is 8.24. The van der Waals surface area contributed by atoms with Crippen LogP contribution in [-0.4, -0.2) is 37.1 Å². The normalized spacial score (nSPS) is 13.4. The summed E-state index contributed by atoms with van der Waals surface area (Å²) in [5, 5.41) is 4.39. The zero-order valence-corrected chi connectivity index (χ0v) is 20.0. The average Bonchev–Trinajstić information content (AvgIpc) is 3.47. The summed E-state index contributed by atoms with van der Waals surface area (Å²) in [6.07, 6.45) is 9.40. The fourth-order valence-electron chi connectivity index (χ4n) is 3.76. The van der Waals surface area contributed by atoms with Gasteiger partial charge in [-0.05, 0) is 69.9 Å². The van der Waals surface area contributed by atoms with Crippen molar-refractivity contribution < 1.29 is 4.74 Å². The van der Waals surface area contributed by atoms with Gasteiger partial charge in [-0.15, -0.1) is 0 Å². The molecular weight excluding hydrogens is 432 g/mol. The van der Waals surface area contributed by atoms with E-state index in [2.05, 4.69) is 46.2 Å². The average molecular weight is 459 g/mol. The van der Waals surface area contributed by atoms with Crippen LogP contribution in [0.3, 0.4) is 0 Å². The molecule has 4 aromatic rings. The first-order valence-corrected chi connectivity index (χ1v) is 11.9. The summed E-state index contributed by atoms with van der Waals surface area (Å²) in [5.41, 5.74) is 5.57. The molecule has 3 heterocycles. The van der Waals surface area contributed by atoms with Crippen LogP contribution >= 0.6 is 11.3 Å². The summed E-state index contributed by atoms with van der Waals surface area (Å²) < 4.78 is 5.93. The number of ether oxygens (including phenoxy) is 1. The van der Waals surface area contributed by atoms with Crippen molar-refractivity contribution in [1.82, 2.24) is 24.9 Å². The number of hydrogen-bond donors (Lipinski definition) is 1. The van der Waals surface area contributed by atoms with Crippen molar-refractivity contribution >= 4 is 16.5 Å². The van der Waals surface area contributed by atoms with Gasteiger partial charge < -0.3 is 10.1 Å². The monoisotopic (exact) mass is 458 g/mol. The van der Waals surface area contributed by atoms with E-state index in [0.717, 1.165) is 43.8 Å². The second-order valence-corrected chi connectivity index (χ2v) is 9.63. The molecule has 1 aliphatic carbocycles. The summed E-state index contributed by atoms with van der Waals surface area (Å²) in [7, 11) is 0. The molecule has 0 radical (unpaired) electrons. The number of nitrogens with zero attached hydrogens (tertiary/aromatic N) is 5. The molecule has 0 aliphatic heterocycles. The molecule has 1 fully saturated rings.